The first-order valence-corrected chi connectivity index (χ1v) is 12.9. The number of benzene rings is 2. The largest absolute Gasteiger partial charge is 0.338 e. The van der Waals surface area contributed by atoms with Gasteiger partial charge in [0.2, 0.25) is 0 Å². The predicted octanol–water partition coefficient (Wildman–Crippen LogP) is 5.55. The van der Waals surface area contributed by atoms with E-state index in [1.54, 1.807) is 0 Å². The van der Waals surface area contributed by atoms with Crippen LogP contribution in [0.2, 0.25) is 0 Å². The fourth-order valence-corrected chi connectivity index (χ4v) is 6.33. The Morgan fingerprint density at radius 2 is 1.69 bits per heavy atom. The number of carbonyl (C=O) groups excluding carboxylic acids is 2. The molecule has 4 nitrogen and oxygen atoms in total. The van der Waals surface area contributed by atoms with Crippen molar-refractivity contribution in [2.24, 2.45) is 0 Å². The third-order valence-electron chi connectivity index (χ3n) is 6.79. The van der Waals surface area contributed by atoms with E-state index in [-0.39, 0.29) is 16.7 Å². The lowest BCUT2D eigenvalue weighted by atomic mass is 9.99. The molecule has 5 heteroatoms. The number of thioether (sulfide) groups is 1. The van der Waals surface area contributed by atoms with Gasteiger partial charge in [0.1, 0.15) is 0 Å². The summed E-state index contributed by atoms with van der Waals surface area (Å²) in [6.07, 6.45) is 6.41. The normalized spacial score (nSPS) is 17.7. The zero-order chi connectivity index (χ0) is 22.6. The number of hydrogen-bond donors (Lipinski definition) is 0. The lowest BCUT2D eigenvalue weighted by Crippen LogP contribution is -2.53. The molecule has 0 radical (unpaired) electrons. The van der Waals surface area contributed by atoms with Gasteiger partial charge in [0.25, 0.3) is 11.8 Å². The molecule has 4 rings (SSSR count). The van der Waals surface area contributed by atoms with Crippen LogP contribution in [0, 0.1) is 6.92 Å². The van der Waals surface area contributed by atoms with E-state index >= 15 is 0 Å². The van der Waals surface area contributed by atoms with Gasteiger partial charge in [-0.25, -0.2) is 0 Å². The Hall–Kier alpha value is -2.27. The molecule has 170 valence electrons. The topological polar surface area (TPSA) is 40.6 Å². The number of piperidine rings is 1. The van der Waals surface area contributed by atoms with Crippen LogP contribution in [-0.2, 0) is 6.42 Å². The predicted molar refractivity (Wildman–Crippen MR) is 132 cm³/mol. The summed E-state index contributed by atoms with van der Waals surface area (Å²) in [5, 5.41) is 0. The van der Waals surface area contributed by atoms with Crippen LogP contribution in [0.3, 0.4) is 0 Å². The van der Waals surface area contributed by atoms with E-state index in [1.807, 2.05) is 60.0 Å². The third-order valence-corrected chi connectivity index (χ3v) is 8.34. The van der Waals surface area contributed by atoms with Crippen LogP contribution < -0.4 is 0 Å². The van der Waals surface area contributed by atoms with E-state index in [0.717, 1.165) is 48.3 Å². The van der Waals surface area contributed by atoms with Crippen LogP contribution in [-0.4, -0.2) is 51.9 Å². The number of likely N-dealkylation sites (tertiary alicyclic amines) is 1. The molecule has 0 N–H and O–H groups in total. The second-order valence-electron chi connectivity index (χ2n) is 9.07. The number of amides is 2. The van der Waals surface area contributed by atoms with Crippen molar-refractivity contribution >= 4 is 23.6 Å². The molecule has 0 atom stereocenters. The van der Waals surface area contributed by atoms with Crippen LogP contribution in [0.15, 0.2) is 48.5 Å². The number of nitrogens with zero attached hydrogens (tertiary/aromatic N) is 2. The van der Waals surface area contributed by atoms with Gasteiger partial charge < -0.3 is 9.80 Å². The smallest absolute Gasteiger partial charge is 0.255 e. The molecule has 2 fully saturated rings. The fraction of sp³-hybridized carbons (Fsp3) is 0.481. The number of hydrogen-bond acceptors (Lipinski definition) is 3. The minimum Gasteiger partial charge on any atom is -0.338 e. The molecule has 2 heterocycles. The highest BCUT2D eigenvalue weighted by Gasteiger charge is 2.47. The molecule has 0 aromatic heterocycles. The first-order valence-electron chi connectivity index (χ1n) is 11.9. The van der Waals surface area contributed by atoms with Crippen LogP contribution in [0.25, 0.3) is 0 Å². The number of carbonyl (C=O) groups is 2. The lowest BCUT2D eigenvalue weighted by molar-refractivity contribution is 0.0497. The van der Waals surface area contributed by atoms with Crippen LogP contribution in [0.1, 0.15) is 70.9 Å². The van der Waals surface area contributed by atoms with Gasteiger partial charge in [0, 0.05) is 36.5 Å². The summed E-state index contributed by atoms with van der Waals surface area (Å²) in [5.41, 5.74) is 3.95. The van der Waals surface area contributed by atoms with Crippen LogP contribution in [0.5, 0.6) is 0 Å². The average Bonchev–Trinajstić information content (AvgIpc) is 3.22. The summed E-state index contributed by atoms with van der Waals surface area (Å²) in [6.45, 7) is 6.41. The van der Waals surface area contributed by atoms with Crippen molar-refractivity contribution in [3.05, 3.63) is 70.8 Å². The summed E-state index contributed by atoms with van der Waals surface area (Å²) in [7, 11) is 0. The first-order chi connectivity index (χ1) is 15.5. The maximum atomic E-state index is 13.3. The van der Waals surface area contributed by atoms with Gasteiger partial charge in [0.05, 0.1) is 4.87 Å². The van der Waals surface area contributed by atoms with E-state index < -0.39 is 0 Å². The van der Waals surface area contributed by atoms with Gasteiger partial charge in [0.15, 0.2) is 0 Å². The number of rotatable bonds is 6. The van der Waals surface area contributed by atoms with Crippen molar-refractivity contribution in [3.63, 3.8) is 0 Å². The van der Waals surface area contributed by atoms with Gasteiger partial charge >= 0.3 is 0 Å². The standard InChI is InChI=1S/C27H34N2O2S/c1-3-4-5-8-22-10-12-23(13-11-22)25(30)28-16-14-27(15-17-28)29(18-19-32-27)26(31)24-9-6-7-21(2)20-24/h6-7,9-13,20H,3-5,8,14-19H2,1-2H3. The molecule has 0 bridgehead atoms. The molecule has 32 heavy (non-hydrogen) atoms. The quantitative estimate of drug-likeness (QED) is 0.542. The van der Waals surface area contributed by atoms with E-state index in [9.17, 15) is 9.59 Å². The van der Waals surface area contributed by atoms with Gasteiger partial charge in [-0.1, -0.05) is 49.6 Å². The summed E-state index contributed by atoms with van der Waals surface area (Å²) >= 11 is 1.89. The Morgan fingerprint density at radius 1 is 0.938 bits per heavy atom. The van der Waals surface area contributed by atoms with Crippen molar-refractivity contribution in [3.8, 4) is 0 Å². The van der Waals surface area contributed by atoms with Crippen LogP contribution in [0.4, 0.5) is 0 Å². The third kappa shape index (κ3) is 4.88. The van der Waals surface area contributed by atoms with Gasteiger partial charge in [-0.15, -0.1) is 11.8 Å². The molecule has 2 aromatic carbocycles. The maximum absolute atomic E-state index is 13.3. The summed E-state index contributed by atoms with van der Waals surface area (Å²) < 4.78 is 0. The molecule has 2 aliphatic rings. The fourth-order valence-electron chi connectivity index (χ4n) is 4.88. The molecule has 0 unspecified atom stereocenters. The minimum atomic E-state index is -0.180. The Morgan fingerprint density at radius 3 is 2.38 bits per heavy atom. The van der Waals surface area contributed by atoms with Gasteiger partial charge in [-0.05, 0) is 62.4 Å². The highest BCUT2D eigenvalue weighted by atomic mass is 32.2. The average molecular weight is 451 g/mol. The SMILES string of the molecule is CCCCCc1ccc(C(=O)N2CCC3(CC2)SCCN3C(=O)c2cccc(C)c2)cc1. The van der Waals surface area contributed by atoms with Gasteiger partial charge in [-0.2, -0.15) is 0 Å². The summed E-state index contributed by atoms with van der Waals surface area (Å²) in [4.78, 5) is 30.2. The molecule has 2 aliphatic heterocycles. The van der Waals surface area contributed by atoms with Crippen molar-refractivity contribution in [2.45, 2.75) is 57.2 Å². The Balaban J connectivity index is 1.38. The second-order valence-corrected chi connectivity index (χ2v) is 10.5. The van der Waals surface area contributed by atoms with Crippen molar-refractivity contribution < 1.29 is 9.59 Å². The van der Waals surface area contributed by atoms with Gasteiger partial charge in [-0.3, -0.25) is 9.59 Å². The number of aryl methyl sites for hydroxylation is 2. The highest BCUT2D eigenvalue weighted by molar-refractivity contribution is 8.00. The van der Waals surface area contributed by atoms with Crippen molar-refractivity contribution in [2.75, 3.05) is 25.4 Å². The molecule has 2 amide bonds. The molecular weight excluding hydrogens is 416 g/mol. The number of unbranched alkanes of at least 4 members (excludes halogenated alkanes) is 2. The molecule has 0 saturated carbocycles. The first kappa shape index (κ1) is 22.9. The van der Waals surface area contributed by atoms with Crippen molar-refractivity contribution in [1.29, 1.82) is 0 Å². The maximum Gasteiger partial charge on any atom is 0.255 e. The lowest BCUT2D eigenvalue weighted by Gasteiger charge is -2.44. The van der Waals surface area contributed by atoms with Crippen LogP contribution >= 0.6 is 11.8 Å². The van der Waals surface area contributed by atoms with E-state index in [1.165, 1.54) is 24.8 Å². The van der Waals surface area contributed by atoms with E-state index in [4.69, 9.17) is 0 Å². The van der Waals surface area contributed by atoms with Crippen molar-refractivity contribution in [1.82, 2.24) is 9.80 Å². The molecule has 2 aromatic rings. The monoisotopic (exact) mass is 450 g/mol. The Kier molecular flexibility index (Phi) is 7.24. The zero-order valence-corrected chi connectivity index (χ0v) is 20.1. The summed E-state index contributed by atoms with van der Waals surface area (Å²) in [6, 6.07) is 16.0. The Labute approximate surface area is 196 Å². The molecule has 0 aliphatic carbocycles. The Bertz CT molecular complexity index is 948. The van der Waals surface area contributed by atoms with E-state index in [0.29, 0.717) is 13.1 Å². The zero-order valence-electron chi connectivity index (χ0n) is 19.3. The minimum absolute atomic E-state index is 0.111. The summed E-state index contributed by atoms with van der Waals surface area (Å²) in [5.74, 6) is 1.20. The highest BCUT2D eigenvalue weighted by Crippen LogP contribution is 2.44. The second kappa shape index (κ2) is 10.1. The van der Waals surface area contributed by atoms with E-state index in [2.05, 4.69) is 24.0 Å². The molecule has 2 saturated heterocycles. The molecular formula is C27H34N2O2S. The molecule has 1 spiro atoms.